The van der Waals surface area contributed by atoms with Gasteiger partial charge in [0.05, 0.1) is 41.3 Å². The Morgan fingerprint density at radius 1 is 1.30 bits per heavy atom. The maximum atomic E-state index is 13.6. The van der Waals surface area contributed by atoms with Gasteiger partial charge in [0.25, 0.3) is 0 Å². The van der Waals surface area contributed by atoms with E-state index in [1.165, 1.54) is 25.1 Å². The van der Waals surface area contributed by atoms with Gasteiger partial charge in [-0.2, -0.15) is 13.2 Å². The number of halogens is 3. The minimum atomic E-state index is -4.70. The average molecular weight is 446 g/mol. The lowest BCUT2D eigenvalue weighted by Gasteiger charge is -2.38. The monoisotopic (exact) mass is 446 g/mol. The molecule has 0 aromatic heterocycles. The zero-order valence-corrected chi connectivity index (χ0v) is 17.1. The van der Waals surface area contributed by atoms with Gasteiger partial charge in [0.2, 0.25) is 0 Å². The summed E-state index contributed by atoms with van der Waals surface area (Å²) >= 11 is 0. The van der Waals surface area contributed by atoms with Crippen molar-refractivity contribution in [3.63, 3.8) is 0 Å². The second kappa shape index (κ2) is 7.93. The molecule has 0 aliphatic carbocycles. The normalized spacial score (nSPS) is 24.0. The standard InChI is InChI=1S/C19H21F3N2O5S/c1-3-29-17(25)15-11(2)24(12-8-9-30(27,28)10-12)18(26)23-16(15)13-6-4-5-7-14(13)19(20,21)22/h4-7,12,16H,3,8-10H2,1-2H3,(H,23,26)/t12-,16+/m1/s1. The van der Waals surface area contributed by atoms with Crippen LogP contribution in [0.2, 0.25) is 0 Å². The zero-order valence-electron chi connectivity index (χ0n) is 16.3. The minimum Gasteiger partial charge on any atom is -0.463 e. The fourth-order valence-electron chi connectivity index (χ4n) is 3.89. The fraction of sp³-hybridized carbons (Fsp3) is 0.474. The van der Waals surface area contributed by atoms with E-state index in [4.69, 9.17) is 4.74 Å². The predicted octanol–water partition coefficient (Wildman–Crippen LogP) is 2.80. The molecule has 3 rings (SSSR count). The molecule has 2 aliphatic heterocycles. The Kier molecular flexibility index (Phi) is 5.85. The summed E-state index contributed by atoms with van der Waals surface area (Å²) in [5.74, 6) is -1.26. The summed E-state index contributed by atoms with van der Waals surface area (Å²) < 4.78 is 69.4. The van der Waals surface area contributed by atoms with Crippen molar-refractivity contribution < 1.29 is 35.9 Å². The molecule has 0 radical (unpaired) electrons. The third-order valence-corrected chi connectivity index (χ3v) is 6.92. The lowest BCUT2D eigenvalue weighted by Crippen LogP contribution is -2.52. The number of benzene rings is 1. The van der Waals surface area contributed by atoms with Crippen LogP contribution in [0, 0.1) is 0 Å². The van der Waals surface area contributed by atoms with Gasteiger partial charge in [0.15, 0.2) is 9.84 Å². The van der Waals surface area contributed by atoms with Gasteiger partial charge in [0, 0.05) is 5.70 Å². The van der Waals surface area contributed by atoms with E-state index in [1.54, 1.807) is 6.92 Å². The lowest BCUT2D eigenvalue weighted by molar-refractivity contribution is -0.141. The number of nitrogens with one attached hydrogen (secondary N) is 1. The smallest absolute Gasteiger partial charge is 0.416 e. The molecule has 2 heterocycles. The van der Waals surface area contributed by atoms with Gasteiger partial charge in [-0.05, 0) is 31.9 Å². The van der Waals surface area contributed by atoms with E-state index in [2.05, 4.69) is 5.32 Å². The van der Waals surface area contributed by atoms with Crippen molar-refractivity contribution >= 4 is 21.8 Å². The number of amides is 2. The summed E-state index contributed by atoms with van der Waals surface area (Å²) in [6, 6.07) is 1.80. The molecule has 30 heavy (non-hydrogen) atoms. The Bertz CT molecular complexity index is 1000. The molecule has 11 heteroatoms. The van der Waals surface area contributed by atoms with E-state index < -0.39 is 45.7 Å². The first-order chi connectivity index (χ1) is 14.0. The van der Waals surface area contributed by atoms with Gasteiger partial charge in [-0.1, -0.05) is 18.2 Å². The van der Waals surface area contributed by atoms with Crippen molar-refractivity contribution in [2.75, 3.05) is 18.1 Å². The van der Waals surface area contributed by atoms with Crippen LogP contribution < -0.4 is 5.32 Å². The molecule has 0 spiro atoms. The van der Waals surface area contributed by atoms with E-state index in [1.807, 2.05) is 0 Å². The Hall–Kier alpha value is -2.56. The molecule has 0 unspecified atom stereocenters. The summed E-state index contributed by atoms with van der Waals surface area (Å²) in [6.07, 6.45) is -4.53. The maximum absolute atomic E-state index is 13.6. The molecule has 7 nitrogen and oxygen atoms in total. The van der Waals surface area contributed by atoms with Gasteiger partial charge in [0.1, 0.15) is 0 Å². The van der Waals surface area contributed by atoms with Crippen molar-refractivity contribution in [3.05, 3.63) is 46.7 Å². The molecule has 1 saturated heterocycles. The highest BCUT2D eigenvalue weighted by atomic mass is 32.2. The van der Waals surface area contributed by atoms with E-state index in [0.29, 0.717) is 0 Å². The fourth-order valence-corrected chi connectivity index (χ4v) is 5.59. The zero-order chi connectivity index (χ0) is 22.3. The van der Waals surface area contributed by atoms with Crippen molar-refractivity contribution in [2.45, 2.75) is 38.5 Å². The highest BCUT2D eigenvalue weighted by Gasteiger charge is 2.45. The van der Waals surface area contributed by atoms with Gasteiger partial charge >= 0.3 is 18.2 Å². The number of urea groups is 1. The van der Waals surface area contributed by atoms with Crippen molar-refractivity contribution in [2.24, 2.45) is 0 Å². The van der Waals surface area contributed by atoms with Crippen LogP contribution in [0.3, 0.4) is 0 Å². The molecular formula is C19H21F3N2O5S. The number of ether oxygens (including phenoxy) is 1. The lowest BCUT2D eigenvalue weighted by atomic mass is 9.90. The molecule has 1 aromatic carbocycles. The molecule has 1 fully saturated rings. The summed E-state index contributed by atoms with van der Waals surface area (Å²) in [6.45, 7) is 2.95. The average Bonchev–Trinajstić information content (AvgIpc) is 3.00. The van der Waals surface area contributed by atoms with Crippen molar-refractivity contribution in [1.82, 2.24) is 10.2 Å². The third-order valence-electron chi connectivity index (χ3n) is 5.17. The van der Waals surface area contributed by atoms with Crippen molar-refractivity contribution in [3.8, 4) is 0 Å². The second-order valence-electron chi connectivity index (χ2n) is 7.11. The third kappa shape index (κ3) is 4.16. The second-order valence-corrected chi connectivity index (χ2v) is 9.34. The van der Waals surface area contributed by atoms with E-state index >= 15 is 0 Å². The van der Waals surface area contributed by atoms with E-state index in [0.717, 1.165) is 11.0 Å². The Labute approximate surface area is 171 Å². The number of hydrogen-bond acceptors (Lipinski definition) is 5. The van der Waals surface area contributed by atoms with Crippen LogP contribution in [-0.2, 0) is 25.5 Å². The first-order valence-electron chi connectivity index (χ1n) is 9.30. The number of carbonyl (C=O) groups is 2. The molecule has 2 atom stereocenters. The highest BCUT2D eigenvalue weighted by Crippen LogP contribution is 2.40. The summed E-state index contributed by atoms with van der Waals surface area (Å²) in [5.41, 5.74) is -1.35. The molecule has 0 saturated carbocycles. The first kappa shape index (κ1) is 22.1. The molecule has 1 N–H and O–H groups in total. The SMILES string of the molecule is CCOC(=O)C1=C(C)N([C@@H]2CCS(=O)(=O)C2)C(=O)N[C@H]1c1ccccc1C(F)(F)F. The van der Waals surface area contributed by atoms with Crippen LogP contribution in [0.1, 0.15) is 37.4 Å². The number of allylic oxidation sites excluding steroid dienone is 1. The largest absolute Gasteiger partial charge is 0.463 e. The maximum Gasteiger partial charge on any atom is 0.416 e. The number of hydrogen-bond donors (Lipinski definition) is 1. The van der Waals surface area contributed by atoms with Crippen LogP contribution >= 0.6 is 0 Å². The summed E-state index contributed by atoms with van der Waals surface area (Å²) in [4.78, 5) is 26.7. The molecular weight excluding hydrogens is 425 g/mol. The van der Waals surface area contributed by atoms with Crippen LogP contribution in [0.5, 0.6) is 0 Å². The number of alkyl halides is 3. The van der Waals surface area contributed by atoms with Gasteiger partial charge in [-0.25, -0.2) is 18.0 Å². The summed E-state index contributed by atoms with van der Waals surface area (Å²) in [5, 5.41) is 2.45. The van der Waals surface area contributed by atoms with E-state index in [9.17, 15) is 31.2 Å². The molecule has 164 valence electrons. The van der Waals surface area contributed by atoms with Crippen LogP contribution in [0.25, 0.3) is 0 Å². The summed E-state index contributed by atoms with van der Waals surface area (Å²) in [7, 11) is -3.34. The Morgan fingerprint density at radius 3 is 2.53 bits per heavy atom. The molecule has 2 aliphatic rings. The number of rotatable bonds is 4. The van der Waals surface area contributed by atoms with E-state index in [-0.39, 0.29) is 41.4 Å². The predicted molar refractivity (Wildman–Crippen MR) is 101 cm³/mol. The van der Waals surface area contributed by atoms with Crippen LogP contribution in [0.15, 0.2) is 35.5 Å². The quantitative estimate of drug-likeness (QED) is 0.718. The highest BCUT2D eigenvalue weighted by molar-refractivity contribution is 7.91. The van der Waals surface area contributed by atoms with Gasteiger partial charge < -0.3 is 10.1 Å². The van der Waals surface area contributed by atoms with Crippen LogP contribution in [-0.4, -0.2) is 49.5 Å². The first-order valence-corrected chi connectivity index (χ1v) is 11.1. The van der Waals surface area contributed by atoms with Gasteiger partial charge in [-0.15, -0.1) is 0 Å². The number of sulfone groups is 1. The molecule has 0 bridgehead atoms. The van der Waals surface area contributed by atoms with Crippen LogP contribution in [0.4, 0.5) is 18.0 Å². The molecule has 2 amide bonds. The minimum absolute atomic E-state index is 0.0188. The molecule has 1 aromatic rings. The topological polar surface area (TPSA) is 92.8 Å². The van der Waals surface area contributed by atoms with Gasteiger partial charge in [-0.3, -0.25) is 4.90 Å². The Balaban J connectivity index is 2.14. The number of carbonyl (C=O) groups excluding carboxylic acids is 2. The van der Waals surface area contributed by atoms with Crippen molar-refractivity contribution in [1.29, 1.82) is 0 Å². The Morgan fingerprint density at radius 2 is 1.97 bits per heavy atom. The number of nitrogens with zero attached hydrogens (tertiary/aromatic N) is 1. The number of esters is 1.